The van der Waals surface area contributed by atoms with E-state index in [0.717, 1.165) is 55.9 Å². The van der Waals surface area contributed by atoms with Gasteiger partial charge in [-0.3, -0.25) is 29.4 Å². The number of fused-ring (bicyclic) bond motifs is 2. The lowest BCUT2D eigenvalue weighted by Crippen LogP contribution is -2.24. The Bertz CT molecular complexity index is 1690. The van der Waals surface area contributed by atoms with Gasteiger partial charge in [-0.25, -0.2) is 0 Å². The van der Waals surface area contributed by atoms with Crippen LogP contribution in [0.3, 0.4) is 0 Å². The number of aromatic nitrogens is 2. The highest BCUT2D eigenvalue weighted by molar-refractivity contribution is 6.05. The molecule has 0 unspecified atom stereocenters. The molecule has 0 fully saturated rings. The van der Waals surface area contributed by atoms with Gasteiger partial charge in [0.1, 0.15) is 0 Å². The fourth-order valence-electron chi connectivity index (χ4n) is 5.44. The molecule has 0 spiro atoms. The SMILES string of the molecule is CC(=O)N(c1ccc(N(C(C)=O)c2ccc3nc(C)cc(N(C)C)c3c2)cc1)c1ccc2nc(C)cc(N(C)C)c2c1. The van der Waals surface area contributed by atoms with Gasteiger partial charge in [0.05, 0.1) is 11.0 Å². The summed E-state index contributed by atoms with van der Waals surface area (Å²) in [4.78, 5) is 42.7. The van der Waals surface area contributed by atoms with Gasteiger partial charge in [-0.2, -0.15) is 0 Å². The zero-order valence-corrected chi connectivity index (χ0v) is 25.4. The monoisotopic (exact) mass is 560 g/mol. The van der Waals surface area contributed by atoms with E-state index in [0.29, 0.717) is 11.4 Å². The van der Waals surface area contributed by atoms with Crippen molar-refractivity contribution in [1.29, 1.82) is 0 Å². The van der Waals surface area contributed by atoms with E-state index in [9.17, 15) is 9.59 Å². The summed E-state index contributed by atoms with van der Waals surface area (Å²) in [5.74, 6) is -0.240. The van der Waals surface area contributed by atoms with Crippen molar-refractivity contribution in [1.82, 2.24) is 9.97 Å². The van der Waals surface area contributed by atoms with Crippen LogP contribution in [0.1, 0.15) is 25.2 Å². The number of hydrogen-bond donors (Lipinski definition) is 0. The number of pyridine rings is 2. The molecule has 2 aromatic heterocycles. The summed E-state index contributed by atoms with van der Waals surface area (Å²) in [6.45, 7) is 7.05. The first-order valence-electron chi connectivity index (χ1n) is 13.8. The number of carbonyl (C=O) groups excluding carboxylic acids is 2. The average Bonchev–Trinajstić information content (AvgIpc) is 2.93. The van der Waals surface area contributed by atoms with Crippen molar-refractivity contribution in [3.8, 4) is 0 Å². The Morgan fingerprint density at radius 1 is 0.524 bits per heavy atom. The quantitative estimate of drug-likeness (QED) is 0.225. The highest BCUT2D eigenvalue weighted by atomic mass is 16.2. The fraction of sp³-hybridized carbons (Fsp3) is 0.235. The molecule has 8 heteroatoms. The topological polar surface area (TPSA) is 72.9 Å². The van der Waals surface area contributed by atoms with Crippen molar-refractivity contribution in [3.63, 3.8) is 0 Å². The molecular formula is C34H36N6O2. The molecule has 5 aromatic rings. The summed E-state index contributed by atoms with van der Waals surface area (Å²) in [5.41, 5.74) is 8.58. The minimum Gasteiger partial charge on any atom is -0.377 e. The maximum Gasteiger partial charge on any atom is 0.228 e. The van der Waals surface area contributed by atoms with Crippen LogP contribution < -0.4 is 19.6 Å². The molecule has 0 N–H and O–H groups in total. The Hall–Kier alpha value is -4.98. The standard InChI is InChI=1S/C34H36N6O2/c1-21-17-33(37(5)6)29-19-27(13-15-31(29)35-21)39(23(3)41)25-9-11-26(12-10-25)40(24(4)42)28-14-16-32-30(20-28)34(38(7)8)18-22(2)36-32/h9-20H,1-8H3. The molecule has 0 saturated heterocycles. The first-order valence-corrected chi connectivity index (χ1v) is 13.8. The summed E-state index contributed by atoms with van der Waals surface area (Å²) >= 11 is 0. The zero-order valence-electron chi connectivity index (χ0n) is 25.4. The molecule has 5 rings (SSSR count). The molecule has 0 radical (unpaired) electrons. The average molecular weight is 561 g/mol. The molecule has 42 heavy (non-hydrogen) atoms. The van der Waals surface area contributed by atoms with Gasteiger partial charge >= 0.3 is 0 Å². The van der Waals surface area contributed by atoms with Gasteiger partial charge in [-0.15, -0.1) is 0 Å². The van der Waals surface area contributed by atoms with Crippen LogP contribution in [-0.4, -0.2) is 50.0 Å². The van der Waals surface area contributed by atoms with Crippen LogP contribution >= 0.6 is 0 Å². The third kappa shape index (κ3) is 5.35. The molecule has 0 aliphatic rings. The summed E-state index contributed by atoms with van der Waals surface area (Å²) in [5, 5.41) is 1.93. The Balaban J connectivity index is 1.55. The summed E-state index contributed by atoms with van der Waals surface area (Å²) in [6, 6.07) is 23.3. The summed E-state index contributed by atoms with van der Waals surface area (Å²) in [7, 11) is 7.99. The van der Waals surface area contributed by atoms with Crippen LogP contribution in [0.4, 0.5) is 34.1 Å². The molecule has 2 amide bonds. The second-order valence-corrected chi connectivity index (χ2v) is 11.0. The number of rotatable bonds is 6. The van der Waals surface area contributed by atoms with Gasteiger partial charge in [0.25, 0.3) is 0 Å². The highest BCUT2D eigenvalue weighted by Gasteiger charge is 2.20. The number of aryl methyl sites for hydroxylation is 2. The zero-order chi connectivity index (χ0) is 30.3. The van der Waals surface area contributed by atoms with E-state index in [4.69, 9.17) is 0 Å². The lowest BCUT2D eigenvalue weighted by atomic mass is 10.1. The Morgan fingerprint density at radius 3 is 1.17 bits per heavy atom. The first kappa shape index (κ1) is 28.5. The van der Waals surface area contributed by atoms with E-state index in [1.54, 1.807) is 23.6 Å². The van der Waals surface area contributed by atoms with Gasteiger partial charge in [0, 0.05) is 98.3 Å². The second-order valence-electron chi connectivity index (χ2n) is 11.0. The minimum absolute atomic E-state index is 0.120. The van der Waals surface area contributed by atoms with Gasteiger partial charge in [0.2, 0.25) is 11.8 Å². The van der Waals surface area contributed by atoms with Crippen molar-refractivity contribution in [2.45, 2.75) is 27.7 Å². The number of benzene rings is 3. The van der Waals surface area contributed by atoms with Crippen molar-refractivity contribution < 1.29 is 9.59 Å². The third-order valence-electron chi connectivity index (χ3n) is 7.27. The van der Waals surface area contributed by atoms with Gasteiger partial charge in [-0.05, 0) is 86.6 Å². The predicted molar refractivity (Wildman–Crippen MR) is 174 cm³/mol. The third-order valence-corrected chi connectivity index (χ3v) is 7.27. The van der Waals surface area contributed by atoms with E-state index in [2.05, 4.69) is 19.8 Å². The van der Waals surface area contributed by atoms with Crippen LogP contribution in [0, 0.1) is 13.8 Å². The number of amides is 2. The molecular weight excluding hydrogens is 524 g/mol. The molecule has 0 aliphatic heterocycles. The Labute approximate surface area is 246 Å². The molecule has 3 aromatic carbocycles. The van der Waals surface area contributed by atoms with E-state index < -0.39 is 0 Å². The van der Waals surface area contributed by atoms with Crippen molar-refractivity contribution in [2.75, 3.05) is 47.8 Å². The smallest absolute Gasteiger partial charge is 0.228 e. The number of nitrogens with zero attached hydrogens (tertiary/aromatic N) is 6. The second kappa shape index (κ2) is 11.1. The number of anilines is 6. The highest BCUT2D eigenvalue weighted by Crippen LogP contribution is 2.36. The van der Waals surface area contributed by atoms with Crippen molar-refractivity contribution >= 4 is 67.7 Å². The van der Waals surface area contributed by atoms with Gasteiger partial charge in [-0.1, -0.05) is 0 Å². The van der Waals surface area contributed by atoms with E-state index in [-0.39, 0.29) is 11.8 Å². The van der Waals surface area contributed by atoms with Crippen molar-refractivity contribution in [2.24, 2.45) is 0 Å². The molecule has 8 nitrogen and oxygen atoms in total. The molecule has 214 valence electrons. The first-order chi connectivity index (χ1) is 19.9. The number of hydrogen-bond acceptors (Lipinski definition) is 6. The predicted octanol–water partition coefficient (Wildman–Crippen LogP) is 6.90. The molecule has 0 aliphatic carbocycles. The van der Waals surface area contributed by atoms with E-state index in [1.807, 2.05) is 115 Å². The van der Waals surface area contributed by atoms with Crippen LogP contribution in [0.5, 0.6) is 0 Å². The van der Waals surface area contributed by atoms with Crippen LogP contribution in [0.25, 0.3) is 21.8 Å². The van der Waals surface area contributed by atoms with Crippen LogP contribution in [0.15, 0.2) is 72.8 Å². The summed E-state index contributed by atoms with van der Waals surface area (Å²) in [6.07, 6.45) is 0. The summed E-state index contributed by atoms with van der Waals surface area (Å²) < 4.78 is 0. The largest absolute Gasteiger partial charge is 0.377 e. The maximum atomic E-state index is 13.0. The molecule has 0 atom stereocenters. The Morgan fingerprint density at radius 2 is 0.857 bits per heavy atom. The van der Waals surface area contributed by atoms with Crippen LogP contribution in [-0.2, 0) is 9.59 Å². The maximum absolute atomic E-state index is 13.0. The Kier molecular flexibility index (Phi) is 7.56. The lowest BCUT2D eigenvalue weighted by molar-refractivity contribution is -0.116. The van der Waals surface area contributed by atoms with E-state index in [1.165, 1.54) is 0 Å². The van der Waals surface area contributed by atoms with Gasteiger partial charge < -0.3 is 9.80 Å². The minimum atomic E-state index is -0.120. The van der Waals surface area contributed by atoms with Crippen molar-refractivity contribution in [3.05, 3.63) is 84.2 Å². The van der Waals surface area contributed by atoms with Gasteiger partial charge in [0.15, 0.2) is 0 Å². The molecule has 2 heterocycles. The normalized spacial score (nSPS) is 11.0. The molecule has 0 saturated carbocycles. The van der Waals surface area contributed by atoms with Crippen LogP contribution in [0.2, 0.25) is 0 Å². The number of carbonyl (C=O) groups is 2. The van der Waals surface area contributed by atoms with E-state index >= 15 is 0 Å². The lowest BCUT2D eigenvalue weighted by Gasteiger charge is -2.26. The fourth-order valence-corrected chi connectivity index (χ4v) is 5.44. The molecule has 0 bridgehead atoms.